The molecule has 1 atom stereocenters. The van der Waals surface area contributed by atoms with Gasteiger partial charge in [0.05, 0.1) is 10.6 Å². The zero-order valence-corrected chi connectivity index (χ0v) is 14.4. The Morgan fingerprint density at radius 2 is 1.88 bits per heavy atom. The predicted octanol–water partition coefficient (Wildman–Crippen LogP) is 3.06. The first-order valence-corrected chi connectivity index (χ1v) is 7.91. The molecular weight excluding hydrogens is 346 g/mol. The van der Waals surface area contributed by atoms with Crippen molar-refractivity contribution in [1.29, 1.82) is 0 Å². The van der Waals surface area contributed by atoms with Crippen molar-refractivity contribution < 1.29 is 23.8 Å². The summed E-state index contributed by atoms with van der Waals surface area (Å²) in [4.78, 5) is 26.4. The summed E-state index contributed by atoms with van der Waals surface area (Å²) in [6.07, 6.45) is -1.05. The van der Waals surface area contributed by atoms with Gasteiger partial charge < -0.3 is 19.1 Å². The van der Waals surface area contributed by atoms with Crippen molar-refractivity contribution >= 4 is 23.5 Å². The van der Waals surface area contributed by atoms with Gasteiger partial charge in [-0.05, 0) is 12.1 Å². The van der Waals surface area contributed by atoms with Crippen LogP contribution in [0.25, 0.3) is 0 Å². The molecule has 6 nitrogen and oxygen atoms in total. The minimum absolute atomic E-state index is 0.0410. The minimum atomic E-state index is -1.05. The number of hydrogen-bond donors (Lipinski definition) is 0. The van der Waals surface area contributed by atoms with Gasteiger partial charge in [-0.3, -0.25) is 4.79 Å². The number of ether oxygens (including phenoxy) is 3. The van der Waals surface area contributed by atoms with E-state index in [1.807, 2.05) is 6.07 Å². The van der Waals surface area contributed by atoms with Gasteiger partial charge in [0.1, 0.15) is 0 Å². The van der Waals surface area contributed by atoms with E-state index in [1.165, 1.54) is 17.0 Å². The normalized spacial score (nSPS) is 13.2. The van der Waals surface area contributed by atoms with E-state index in [2.05, 4.69) is 0 Å². The molecule has 0 bridgehead atoms. The number of esters is 1. The van der Waals surface area contributed by atoms with Crippen LogP contribution in [0.4, 0.5) is 0 Å². The van der Waals surface area contributed by atoms with Crippen molar-refractivity contribution in [3.05, 3.63) is 58.6 Å². The Morgan fingerprint density at radius 1 is 1.16 bits per heavy atom. The first-order chi connectivity index (χ1) is 12.0. The number of nitrogens with zero attached hydrogens (tertiary/aromatic N) is 1. The highest BCUT2D eigenvalue weighted by molar-refractivity contribution is 6.32. The van der Waals surface area contributed by atoms with Gasteiger partial charge >= 0.3 is 5.97 Å². The number of hydrogen-bond acceptors (Lipinski definition) is 5. The van der Waals surface area contributed by atoms with E-state index in [1.54, 1.807) is 38.4 Å². The minimum Gasteiger partial charge on any atom is -0.454 e. The van der Waals surface area contributed by atoms with Gasteiger partial charge in [-0.15, -0.1) is 0 Å². The van der Waals surface area contributed by atoms with Crippen LogP contribution in [0.5, 0.6) is 11.5 Å². The van der Waals surface area contributed by atoms with E-state index in [0.29, 0.717) is 17.1 Å². The molecule has 0 fully saturated rings. The maximum Gasteiger partial charge on any atom is 0.339 e. The standard InChI is InChI=1S/C18H16ClNO5/c1-20(2)17(21)15(11-6-4-3-5-7-11)25-18(22)12-8-13(19)16-14(9-12)23-10-24-16/h3-9,15H,10H2,1-2H3/t15-/m1/s1. The molecule has 1 aliphatic rings. The third-order valence-corrected chi connectivity index (χ3v) is 3.94. The first kappa shape index (κ1) is 17.1. The third kappa shape index (κ3) is 3.53. The average Bonchev–Trinajstić information content (AvgIpc) is 3.08. The Hall–Kier alpha value is -2.73. The van der Waals surface area contributed by atoms with Gasteiger partial charge in [-0.2, -0.15) is 0 Å². The van der Waals surface area contributed by atoms with Crippen molar-refractivity contribution in [2.45, 2.75) is 6.10 Å². The maximum absolute atomic E-state index is 12.6. The van der Waals surface area contributed by atoms with Crippen LogP contribution in [0.2, 0.25) is 5.02 Å². The number of halogens is 1. The summed E-state index contributed by atoms with van der Waals surface area (Å²) in [5.41, 5.74) is 0.767. The van der Waals surface area contributed by atoms with Crippen molar-refractivity contribution in [3.63, 3.8) is 0 Å². The summed E-state index contributed by atoms with van der Waals surface area (Å²) >= 11 is 6.10. The second-order valence-corrected chi connectivity index (χ2v) is 6.03. The number of rotatable bonds is 4. The number of likely N-dealkylation sites (N-methyl/N-ethyl adjacent to an activating group) is 1. The van der Waals surface area contributed by atoms with Gasteiger partial charge in [0.25, 0.3) is 5.91 Å². The first-order valence-electron chi connectivity index (χ1n) is 7.53. The van der Waals surface area contributed by atoms with Crippen LogP contribution < -0.4 is 9.47 Å². The molecule has 7 heteroatoms. The molecule has 2 aromatic carbocycles. The van der Waals surface area contributed by atoms with Gasteiger partial charge in [0.2, 0.25) is 12.9 Å². The fraction of sp³-hybridized carbons (Fsp3) is 0.222. The molecule has 2 aromatic rings. The Balaban J connectivity index is 1.88. The lowest BCUT2D eigenvalue weighted by atomic mass is 10.1. The third-order valence-electron chi connectivity index (χ3n) is 3.66. The van der Waals surface area contributed by atoms with E-state index < -0.39 is 12.1 Å². The van der Waals surface area contributed by atoms with E-state index in [0.717, 1.165) is 0 Å². The summed E-state index contributed by atoms with van der Waals surface area (Å²) < 4.78 is 15.9. The highest BCUT2D eigenvalue weighted by Gasteiger charge is 2.28. The SMILES string of the molecule is CN(C)C(=O)[C@H](OC(=O)c1cc(Cl)c2c(c1)OCO2)c1ccccc1. The zero-order chi connectivity index (χ0) is 18.0. The smallest absolute Gasteiger partial charge is 0.339 e. The van der Waals surface area contributed by atoms with Crippen LogP contribution >= 0.6 is 11.6 Å². The second-order valence-electron chi connectivity index (χ2n) is 5.62. The Labute approximate surface area is 149 Å². The van der Waals surface area contributed by atoms with E-state index in [4.69, 9.17) is 25.8 Å². The fourth-order valence-electron chi connectivity index (χ4n) is 2.38. The van der Waals surface area contributed by atoms with Gasteiger partial charge in [-0.1, -0.05) is 41.9 Å². The topological polar surface area (TPSA) is 65.1 Å². The maximum atomic E-state index is 12.6. The molecule has 0 aromatic heterocycles. The molecule has 1 aliphatic heterocycles. The van der Waals surface area contributed by atoms with Crippen molar-refractivity contribution in [3.8, 4) is 11.5 Å². The average molecular weight is 362 g/mol. The summed E-state index contributed by atoms with van der Waals surface area (Å²) in [7, 11) is 3.20. The largest absolute Gasteiger partial charge is 0.454 e. The number of carbonyl (C=O) groups excluding carboxylic acids is 2. The zero-order valence-electron chi connectivity index (χ0n) is 13.7. The van der Waals surface area contributed by atoms with Crippen molar-refractivity contribution in [2.24, 2.45) is 0 Å². The molecule has 0 spiro atoms. The van der Waals surface area contributed by atoms with Crippen molar-refractivity contribution in [2.75, 3.05) is 20.9 Å². The summed E-state index contributed by atoms with van der Waals surface area (Å²) in [5, 5.41) is 0.247. The molecule has 130 valence electrons. The van der Waals surface area contributed by atoms with Crippen molar-refractivity contribution in [1.82, 2.24) is 4.90 Å². The molecule has 25 heavy (non-hydrogen) atoms. The molecular formula is C18H16ClNO5. The fourth-order valence-corrected chi connectivity index (χ4v) is 2.65. The van der Waals surface area contributed by atoms with Crippen LogP contribution in [0.1, 0.15) is 22.0 Å². The number of benzene rings is 2. The Morgan fingerprint density at radius 3 is 2.56 bits per heavy atom. The molecule has 1 heterocycles. The van der Waals surface area contributed by atoms with Crippen LogP contribution in [-0.2, 0) is 9.53 Å². The molecule has 0 unspecified atom stereocenters. The van der Waals surface area contributed by atoms with Crippen LogP contribution in [0.3, 0.4) is 0 Å². The van der Waals surface area contributed by atoms with Gasteiger partial charge in [0.15, 0.2) is 11.5 Å². The second kappa shape index (κ2) is 7.03. The number of carbonyl (C=O) groups is 2. The number of fused-ring (bicyclic) bond motifs is 1. The lowest BCUT2D eigenvalue weighted by Crippen LogP contribution is -2.31. The lowest BCUT2D eigenvalue weighted by molar-refractivity contribution is -0.138. The van der Waals surface area contributed by atoms with E-state index in [-0.39, 0.29) is 23.3 Å². The van der Waals surface area contributed by atoms with E-state index >= 15 is 0 Å². The highest BCUT2D eigenvalue weighted by atomic mass is 35.5. The van der Waals surface area contributed by atoms with Crippen LogP contribution in [-0.4, -0.2) is 37.7 Å². The Bertz CT molecular complexity index is 807. The summed E-state index contributed by atoms with van der Waals surface area (Å²) in [5.74, 6) is -0.257. The van der Waals surface area contributed by atoms with Crippen LogP contribution in [0.15, 0.2) is 42.5 Å². The Kier molecular flexibility index (Phi) is 4.81. The molecule has 0 radical (unpaired) electrons. The molecule has 0 saturated heterocycles. The molecule has 3 rings (SSSR count). The molecule has 0 N–H and O–H groups in total. The van der Waals surface area contributed by atoms with Crippen LogP contribution in [0, 0.1) is 0 Å². The van der Waals surface area contributed by atoms with Gasteiger partial charge in [-0.25, -0.2) is 4.79 Å². The van der Waals surface area contributed by atoms with Gasteiger partial charge in [0, 0.05) is 19.7 Å². The highest BCUT2D eigenvalue weighted by Crippen LogP contribution is 2.40. The molecule has 0 saturated carbocycles. The summed E-state index contributed by atoms with van der Waals surface area (Å²) in [6.45, 7) is 0.0410. The monoisotopic (exact) mass is 361 g/mol. The quantitative estimate of drug-likeness (QED) is 0.783. The lowest BCUT2D eigenvalue weighted by Gasteiger charge is -2.21. The number of amides is 1. The molecule has 1 amide bonds. The summed E-state index contributed by atoms with van der Waals surface area (Å²) in [6, 6.07) is 11.7. The molecule has 0 aliphatic carbocycles. The van der Waals surface area contributed by atoms with E-state index in [9.17, 15) is 9.59 Å². The predicted molar refractivity (Wildman–Crippen MR) is 90.9 cm³/mol.